The molecule has 1 aliphatic carbocycles. The molecule has 0 bridgehead atoms. The van der Waals surface area contributed by atoms with Crippen LogP contribution >= 0.6 is 0 Å². The van der Waals surface area contributed by atoms with E-state index < -0.39 is 0 Å². The number of hydrogen-bond donors (Lipinski definition) is 2. The molecule has 0 aromatic rings. The van der Waals surface area contributed by atoms with E-state index in [9.17, 15) is 0 Å². The zero-order valence-corrected chi connectivity index (χ0v) is 13.4. The zero-order chi connectivity index (χ0) is 14.8. The van der Waals surface area contributed by atoms with E-state index >= 15 is 0 Å². The number of aliphatic imine (C=N–C) groups is 1. The summed E-state index contributed by atoms with van der Waals surface area (Å²) < 4.78 is 0. The largest absolute Gasteiger partial charge is 0.355 e. The van der Waals surface area contributed by atoms with Crippen LogP contribution in [0.1, 0.15) is 45.4 Å². The molecule has 2 aliphatic heterocycles. The molecule has 1 saturated carbocycles. The predicted octanol–water partition coefficient (Wildman–Crippen LogP) is 1.47. The number of nitrogens with two attached hydrogens (primary N) is 1. The van der Waals surface area contributed by atoms with Gasteiger partial charge in [0.1, 0.15) is 17.8 Å². The molecule has 21 heavy (non-hydrogen) atoms. The highest BCUT2D eigenvalue weighted by molar-refractivity contribution is 5.82. The molecular weight excluding hydrogens is 262 g/mol. The zero-order valence-electron chi connectivity index (χ0n) is 13.4. The second kappa shape index (κ2) is 6.36. The number of amidine groups is 1. The van der Waals surface area contributed by atoms with Crippen LogP contribution in [0.15, 0.2) is 16.9 Å². The van der Waals surface area contributed by atoms with Gasteiger partial charge in [0, 0.05) is 25.2 Å². The quantitative estimate of drug-likeness (QED) is 0.827. The van der Waals surface area contributed by atoms with Crippen LogP contribution in [0, 0.1) is 0 Å². The van der Waals surface area contributed by atoms with Crippen molar-refractivity contribution in [3.05, 3.63) is 11.9 Å². The van der Waals surface area contributed by atoms with E-state index in [2.05, 4.69) is 28.1 Å². The van der Waals surface area contributed by atoms with Crippen LogP contribution in [0.25, 0.3) is 0 Å². The van der Waals surface area contributed by atoms with E-state index in [0.29, 0.717) is 12.1 Å². The Balaban J connectivity index is 1.70. The molecule has 118 valence electrons. The highest BCUT2D eigenvalue weighted by Crippen LogP contribution is 2.28. The average molecular weight is 291 g/mol. The van der Waals surface area contributed by atoms with Crippen molar-refractivity contribution in [2.24, 2.45) is 10.7 Å². The molecule has 0 radical (unpaired) electrons. The first kappa shape index (κ1) is 14.9. The first-order chi connectivity index (χ1) is 10.2. The van der Waals surface area contributed by atoms with E-state index in [1.54, 1.807) is 0 Å². The Hall–Kier alpha value is -1.07. The van der Waals surface area contributed by atoms with Crippen LogP contribution in [0.2, 0.25) is 0 Å². The smallest absolute Gasteiger partial charge is 0.130 e. The van der Waals surface area contributed by atoms with Crippen molar-refractivity contribution in [1.29, 1.82) is 0 Å². The summed E-state index contributed by atoms with van der Waals surface area (Å²) >= 11 is 0. The Morgan fingerprint density at radius 2 is 2.00 bits per heavy atom. The van der Waals surface area contributed by atoms with Gasteiger partial charge < -0.3 is 20.9 Å². The summed E-state index contributed by atoms with van der Waals surface area (Å²) in [6.07, 6.45) is 9.86. The van der Waals surface area contributed by atoms with Crippen molar-refractivity contribution in [1.82, 2.24) is 15.1 Å². The molecule has 0 amide bonds. The van der Waals surface area contributed by atoms with Crippen LogP contribution in [0.4, 0.5) is 0 Å². The Kier molecular flexibility index (Phi) is 4.50. The van der Waals surface area contributed by atoms with Crippen molar-refractivity contribution >= 4 is 5.84 Å². The minimum absolute atomic E-state index is 0.0192. The van der Waals surface area contributed by atoms with E-state index in [0.717, 1.165) is 24.7 Å². The van der Waals surface area contributed by atoms with E-state index in [1.807, 2.05) is 7.05 Å². The van der Waals surface area contributed by atoms with Gasteiger partial charge in [0.05, 0.1) is 0 Å². The van der Waals surface area contributed by atoms with Gasteiger partial charge in [-0.1, -0.05) is 19.3 Å². The van der Waals surface area contributed by atoms with Crippen molar-refractivity contribution in [2.75, 3.05) is 20.1 Å². The molecule has 2 atom stereocenters. The third-order valence-electron chi connectivity index (χ3n) is 5.18. The molecule has 1 unspecified atom stereocenters. The fraction of sp³-hybridized carbons (Fsp3) is 0.812. The lowest BCUT2D eigenvalue weighted by molar-refractivity contribution is 0.207. The minimum Gasteiger partial charge on any atom is -0.355 e. The lowest BCUT2D eigenvalue weighted by Crippen LogP contribution is -2.52. The molecule has 1 saturated heterocycles. The standard InChI is InChI=1S/C16H29N5/c1-12-19-16(20-9-8-13(11-20)18-2)10-15(17)21(12)14-6-4-3-5-7-14/h10,13-15,18H,3-9,11,17H2,1-2H3/t13-,15?/m1/s1. The maximum absolute atomic E-state index is 6.45. The molecule has 2 heterocycles. The van der Waals surface area contributed by atoms with E-state index in [4.69, 9.17) is 10.7 Å². The number of nitrogens with zero attached hydrogens (tertiary/aromatic N) is 3. The van der Waals surface area contributed by atoms with Crippen LogP contribution < -0.4 is 11.1 Å². The number of hydrogen-bond acceptors (Lipinski definition) is 5. The van der Waals surface area contributed by atoms with Gasteiger partial charge in [0.25, 0.3) is 0 Å². The van der Waals surface area contributed by atoms with Crippen molar-refractivity contribution in [3.63, 3.8) is 0 Å². The molecule has 3 N–H and O–H groups in total. The van der Waals surface area contributed by atoms with Gasteiger partial charge in [-0.15, -0.1) is 0 Å². The van der Waals surface area contributed by atoms with Crippen molar-refractivity contribution in [2.45, 2.75) is 63.7 Å². The highest BCUT2D eigenvalue weighted by atomic mass is 15.3. The fourth-order valence-electron chi connectivity index (χ4n) is 3.96. The van der Waals surface area contributed by atoms with Gasteiger partial charge in [-0.2, -0.15) is 0 Å². The fourth-order valence-corrected chi connectivity index (χ4v) is 3.96. The van der Waals surface area contributed by atoms with Gasteiger partial charge in [-0.05, 0) is 39.3 Å². The minimum atomic E-state index is -0.0192. The summed E-state index contributed by atoms with van der Waals surface area (Å²) in [6.45, 7) is 4.23. The molecule has 3 aliphatic rings. The third kappa shape index (κ3) is 3.09. The van der Waals surface area contributed by atoms with Gasteiger partial charge >= 0.3 is 0 Å². The van der Waals surface area contributed by atoms with Gasteiger partial charge in [-0.3, -0.25) is 0 Å². The summed E-state index contributed by atoms with van der Waals surface area (Å²) in [5, 5.41) is 3.36. The average Bonchev–Trinajstić information content (AvgIpc) is 2.96. The highest BCUT2D eigenvalue weighted by Gasteiger charge is 2.31. The SMILES string of the molecule is CN[C@@H]1CCN(C2=CC(N)N(C3CCCCC3)C(C)=N2)C1. The Morgan fingerprint density at radius 3 is 2.62 bits per heavy atom. The van der Waals surface area contributed by atoms with Crippen molar-refractivity contribution in [3.8, 4) is 0 Å². The summed E-state index contributed by atoms with van der Waals surface area (Å²) in [6, 6.07) is 1.16. The molecule has 0 aromatic carbocycles. The number of likely N-dealkylation sites (N-methyl/N-ethyl adjacent to an activating group) is 1. The number of likely N-dealkylation sites (tertiary alicyclic amines) is 1. The van der Waals surface area contributed by atoms with E-state index in [1.165, 1.54) is 38.5 Å². The predicted molar refractivity (Wildman–Crippen MR) is 86.9 cm³/mol. The maximum atomic E-state index is 6.45. The second-order valence-electron chi connectivity index (χ2n) is 6.59. The second-order valence-corrected chi connectivity index (χ2v) is 6.59. The lowest BCUT2D eigenvalue weighted by atomic mass is 9.93. The monoisotopic (exact) mass is 291 g/mol. The summed E-state index contributed by atoms with van der Waals surface area (Å²) in [5.41, 5.74) is 6.45. The van der Waals surface area contributed by atoms with Crippen LogP contribution in [-0.4, -0.2) is 54.0 Å². The summed E-state index contributed by atoms with van der Waals surface area (Å²) in [7, 11) is 2.04. The first-order valence-electron chi connectivity index (χ1n) is 8.42. The molecule has 0 aromatic heterocycles. The maximum Gasteiger partial charge on any atom is 0.130 e. The van der Waals surface area contributed by atoms with Crippen molar-refractivity contribution < 1.29 is 0 Å². The Labute approximate surface area is 128 Å². The summed E-state index contributed by atoms with van der Waals surface area (Å²) in [4.78, 5) is 9.57. The van der Waals surface area contributed by atoms with Gasteiger partial charge in [-0.25, -0.2) is 4.99 Å². The Morgan fingerprint density at radius 1 is 1.24 bits per heavy atom. The summed E-state index contributed by atoms with van der Waals surface area (Å²) in [5.74, 6) is 2.17. The van der Waals surface area contributed by atoms with Gasteiger partial charge in [0.2, 0.25) is 0 Å². The third-order valence-corrected chi connectivity index (χ3v) is 5.18. The molecule has 0 spiro atoms. The number of nitrogens with one attached hydrogen (secondary N) is 1. The molecular formula is C16H29N5. The normalized spacial score (nSPS) is 31.4. The molecule has 3 rings (SSSR count). The molecule has 5 heteroatoms. The van der Waals surface area contributed by atoms with Gasteiger partial charge in [0.15, 0.2) is 0 Å². The molecule has 5 nitrogen and oxygen atoms in total. The molecule has 2 fully saturated rings. The van der Waals surface area contributed by atoms with Crippen LogP contribution in [-0.2, 0) is 0 Å². The van der Waals surface area contributed by atoms with E-state index in [-0.39, 0.29) is 6.17 Å². The lowest BCUT2D eigenvalue weighted by Gasteiger charge is -2.41. The Bertz CT molecular complexity index is 424. The van der Waals surface area contributed by atoms with Crippen LogP contribution in [0.3, 0.4) is 0 Å². The number of rotatable bonds is 3. The first-order valence-corrected chi connectivity index (χ1v) is 8.42. The van der Waals surface area contributed by atoms with Crippen LogP contribution in [0.5, 0.6) is 0 Å². The topological polar surface area (TPSA) is 56.9 Å².